The molecule has 0 spiro atoms. The third kappa shape index (κ3) is 5.45. The van der Waals surface area contributed by atoms with Gasteiger partial charge >= 0.3 is 0 Å². The van der Waals surface area contributed by atoms with E-state index in [9.17, 15) is 4.79 Å². The number of nitrogens with zero attached hydrogens (tertiary/aromatic N) is 3. The van der Waals surface area contributed by atoms with Crippen LogP contribution in [0.5, 0.6) is 0 Å². The summed E-state index contributed by atoms with van der Waals surface area (Å²) < 4.78 is 2.05. The molecule has 2 aromatic carbocycles. The maximum Gasteiger partial charge on any atom is 0.248 e. The van der Waals surface area contributed by atoms with E-state index in [4.69, 9.17) is 5.26 Å². The van der Waals surface area contributed by atoms with Crippen molar-refractivity contribution in [3.8, 4) is 6.07 Å². The van der Waals surface area contributed by atoms with E-state index < -0.39 is 0 Å². The Morgan fingerprint density at radius 1 is 1.12 bits per heavy atom. The first-order valence-corrected chi connectivity index (χ1v) is 11.3. The third-order valence-corrected chi connectivity index (χ3v) is 6.03. The van der Waals surface area contributed by atoms with Crippen LogP contribution in [-0.2, 0) is 17.1 Å². The van der Waals surface area contributed by atoms with Gasteiger partial charge in [0.1, 0.15) is 0 Å². The van der Waals surface area contributed by atoms with Crippen molar-refractivity contribution >= 4 is 40.3 Å². The number of aromatic nitrogens is 2. The minimum Gasteiger partial charge on any atom is -0.346 e. The predicted octanol–water partition coefficient (Wildman–Crippen LogP) is 5.89. The summed E-state index contributed by atoms with van der Waals surface area (Å²) in [5.41, 5.74) is 3.94. The van der Waals surface area contributed by atoms with Crippen molar-refractivity contribution in [1.82, 2.24) is 9.55 Å². The monoisotopic (exact) mass is 438 g/mol. The Morgan fingerprint density at radius 3 is 2.75 bits per heavy atom. The lowest BCUT2D eigenvalue weighted by molar-refractivity contribution is -0.111. The Bertz CT molecular complexity index is 1270. The molecule has 5 nitrogen and oxygen atoms in total. The van der Waals surface area contributed by atoms with Crippen LogP contribution in [-0.4, -0.2) is 15.5 Å². The molecule has 0 aliphatic carbocycles. The molecule has 0 fully saturated rings. The Kier molecular flexibility index (Phi) is 7.01. The average Bonchev–Trinajstić information content (AvgIpc) is 3.19. The molecule has 1 N–H and O–H groups in total. The van der Waals surface area contributed by atoms with Crippen LogP contribution in [0.2, 0.25) is 0 Å². The van der Waals surface area contributed by atoms with Crippen molar-refractivity contribution in [2.75, 3.05) is 5.32 Å². The van der Waals surface area contributed by atoms with Gasteiger partial charge in [-0.15, -0.1) is 11.8 Å². The molecular weight excluding hydrogens is 416 g/mol. The summed E-state index contributed by atoms with van der Waals surface area (Å²) in [4.78, 5) is 17.7. The van der Waals surface area contributed by atoms with E-state index in [-0.39, 0.29) is 5.91 Å². The number of hydrogen-bond acceptors (Lipinski definition) is 4. The van der Waals surface area contributed by atoms with Crippen LogP contribution in [0, 0.1) is 11.3 Å². The van der Waals surface area contributed by atoms with E-state index in [1.807, 2.05) is 73.1 Å². The van der Waals surface area contributed by atoms with E-state index in [1.165, 1.54) is 5.56 Å². The van der Waals surface area contributed by atoms with Gasteiger partial charge in [0, 0.05) is 64.0 Å². The molecule has 0 aliphatic heterocycles. The molecule has 6 heteroatoms. The van der Waals surface area contributed by atoms with E-state index in [1.54, 1.807) is 24.0 Å². The minimum atomic E-state index is -0.186. The fraction of sp³-hybridized carbons (Fsp3) is 0.115. The minimum absolute atomic E-state index is 0.186. The largest absolute Gasteiger partial charge is 0.346 e. The number of rotatable bonds is 8. The van der Waals surface area contributed by atoms with Gasteiger partial charge < -0.3 is 9.88 Å². The SMILES string of the molecule is N#CCCn1cc(/C=C/C(=O)Nc2ccc(SCc3cccnc3)cc2)c2ccccc21. The van der Waals surface area contributed by atoms with Crippen LogP contribution in [0.1, 0.15) is 17.5 Å². The highest BCUT2D eigenvalue weighted by Gasteiger charge is 2.06. The summed E-state index contributed by atoms with van der Waals surface area (Å²) in [6.45, 7) is 0.627. The topological polar surface area (TPSA) is 70.7 Å². The lowest BCUT2D eigenvalue weighted by Gasteiger charge is -2.05. The quantitative estimate of drug-likeness (QED) is 0.275. The van der Waals surface area contributed by atoms with Crippen molar-refractivity contribution < 1.29 is 4.79 Å². The van der Waals surface area contributed by atoms with Crippen LogP contribution in [0.15, 0.2) is 90.2 Å². The summed E-state index contributed by atoms with van der Waals surface area (Å²) in [5, 5.41) is 12.9. The second-order valence-electron chi connectivity index (χ2n) is 7.20. The smallest absolute Gasteiger partial charge is 0.248 e. The third-order valence-electron chi connectivity index (χ3n) is 4.95. The number of fused-ring (bicyclic) bond motifs is 1. The molecule has 4 aromatic rings. The van der Waals surface area contributed by atoms with E-state index in [2.05, 4.69) is 27.0 Å². The van der Waals surface area contributed by atoms with Gasteiger partial charge in [0.25, 0.3) is 0 Å². The number of aryl methyl sites for hydroxylation is 1. The second-order valence-corrected chi connectivity index (χ2v) is 8.25. The molecule has 2 aromatic heterocycles. The number of para-hydroxylation sites is 1. The molecule has 1 amide bonds. The number of carbonyl (C=O) groups excluding carboxylic acids is 1. The van der Waals surface area contributed by atoms with E-state index >= 15 is 0 Å². The molecule has 158 valence electrons. The molecule has 0 unspecified atom stereocenters. The number of nitriles is 1. The van der Waals surface area contributed by atoms with Gasteiger partial charge in [0.2, 0.25) is 5.91 Å². The van der Waals surface area contributed by atoms with Crippen molar-refractivity contribution in [3.63, 3.8) is 0 Å². The Hall–Kier alpha value is -3.82. The lowest BCUT2D eigenvalue weighted by atomic mass is 10.1. The van der Waals surface area contributed by atoms with Crippen LogP contribution in [0.3, 0.4) is 0 Å². The molecule has 0 atom stereocenters. The number of carbonyl (C=O) groups is 1. The molecule has 0 radical (unpaired) electrons. The fourth-order valence-electron chi connectivity index (χ4n) is 3.40. The first-order chi connectivity index (χ1) is 15.7. The van der Waals surface area contributed by atoms with Gasteiger partial charge in [0.15, 0.2) is 0 Å². The highest BCUT2D eigenvalue weighted by atomic mass is 32.2. The number of amides is 1. The summed E-state index contributed by atoms with van der Waals surface area (Å²) >= 11 is 1.73. The highest BCUT2D eigenvalue weighted by Crippen LogP contribution is 2.25. The van der Waals surface area contributed by atoms with Crippen LogP contribution < -0.4 is 5.32 Å². The van der Waals surface area contributed by atoms with Gasteiger partial charge in [-0.2, -0.15) is 5.26 Å². The molecule has 0 saturated carbocycles. The van der Waals surface area contributed by atoms with Gasteiger partial charge in [-0.3, -0.25) is 9.78 Å². The van der Waals surface area contributed by atoms with Crippen molar-refractivity contribution in [3.05, 3.63) is 96.5 Å². The van der Waals surface area contributed by atoms with Gasteiger partial charge in [-0.25, -0.2) is 0 Å². The molecular formula is C26H22N4OS. The van der Waals surface area contributed by atoms with Crippen LogP contribution >= 0.6 is 11.8 Å². The molecule has 4 rings (SSSR count). The van der Waals surface area contributed by atoms with Gasteiger partial charge in [-0.05, 0) is 48.0 Å². The molecule has 32 heavy (non-hydrogen) atoms. The maximum absolute atomic E-state index is 12.4. The number of thioether (sulfide) groups is 1. The Labute approximate surface area is 191 Å². The summed E-state index contributed by atoms with van der Waals surface area (Å²) in [7, 11) is 0. The predicted molar refractivity (Wildman–Crippen MR) is 130 cm³/mol. The molecule has 0 bridgehead atoms. The number of hydrogen-bond donors (Lipinski definition) is 1. The fourth-order valence-corrected chi connectivity index (χ4v) is 4.23. The summed E-state index contributed by atoms with van der Waals surface area (Å²) in [5.74, 6) is 0.666. The Morgan fingerprint density at radius 2 is 1.97 bits per heavy atom. The zero-order valence-corrected chi connectivity index (χ0v) is 18.3. The van der Waals surface area contributed by atoms with E-state index in [0.29, 0.717) is 13.0 Å². The average molecular weight is 439 g/mol. The summed E-state index contributed by atoms with van der Waals surface area (Å²) in [6.07, 6.45) is 9.43. The number of nitrogens with one attached hydrogen (secondary N) is 1. The van der Waals surface area contributed by atoms with Gasteiger partial charge in [0.05, 0.1) is 12.5 Å². The van der Waals surface area contributed by atoms with Crippen molar-refractivity contribution in [2.24, 2.45) is 0 Å². The van der Waals surface area contributed by atoms with Gasteiger partial charge in [-0.1, -0.05) is 24.3 Å². The summed E-state index contributed by atoms with van der Waals surface area (Å²) in [6, 6.07) is 22.0. The lowest BCUT2D eigenvalue weighted by Crippen LogP contribution is -2.07. The second kappa shape index (κ2) is 10.5. The number of anilines is 1. The standard InChI is InChI=1S/C26H22N4OS/c27-14-4-16-30-18-21(24-6-1-2-7-25(24)30)8-13-26(31)29-22-9-11-23(12-10-22)32-19-20-5-3-15-28-17-20/h1-3,5-13,15,17-18H,4,16,19H2,(H,29,31)/b13-8+. The molecule has 0 saturated heterocycles. The highest BCUT2D eigenvalue weighted by molar-refractivity contribution is 7.98. The zero-order chi connectivity index (χ0) is 22.2. The number of benzene rings is 2. The van der Waals surface area contributed by atoms with Crippen LogP contribution in [0.25, 0.3) is 17.0 Å². The zero-order valence-electron chi connectivity index (χ0n) is 17.4. The van der Waals surface area contributed by atoms with Crippen molar-refractivity contribution in [1.29, 1.82) is 5.26 Å². The van der Waals surface area contributed by atoms with E-state index in [0.717, 1.165) is 32.8 Å². The first-order valence-electron chi connectivity index (χ1n) is 10.3. The normalized spacial score (nSPS) is 11.0. The first kappa shape index (κ1) is 21.4. The van der Waals surface area contributed by atoms with Crippen LogP contribution in [0.4, 0.5) is 5.69 Å². The Balaban J connectivity index is 1.38. The van der Waals surface area contributed by atoms with Crippen molar-refractivity contribution in [2.45, 2.75) is 23.6 Å². The molecule has 2 heterocycles. The number of pyridine rings is 1. The maximum atomic E-state index is 12.4. The molecule has 0 aliphatic rings.